The molecule has 2 rings (SSSR count). The van der Waals surface area contributed by atoms with Crippen molar-refractivity contribution in [2.75, 3.05) is 28.2 Å². The summed E-state index contributed by atoms with van der Waals surface area (Å²) in [6, 6.07) is 6.11. The van der Waals surface area contributed by atoms with Crippen molar-refractivity contribution in [1.29, 1.82) is 0 Å². The summed E-state index contributed by atoms with van der Waals surface area (Å²) in [5, 5.41) is 0. The van der Waals surface area contributed by atoms with E-state index in [-0.39, 0.29) is 0 Å². The monoisotopic (exact) mass is 259 g/mol. The van der Waals surface area contributed by atoms with Gasteiger partial charge in [-0.1, -0.05) is 6.07 Å². The molecule has 19 heavy (non-hydrogen) atoms. The molecule has 0 N–H and O–H groups in total. The first-order valence-corrected chi connectivity index (χ1v) is 6.31. The van der Waals surface area contributed by atoms with Gasteiger partial charge in [-0.2, -0.15) is 0 Å². The number of fused-ring (bicyclic) bond motifs is 1. The summed E-state index contributed by atoms with van der Waals surface area (Å²) in [6.45, 7) is 2.67. The van der Waals surface area contributed by atoms with Crippen LogP contribution in [-0.2, 0) is 6.54 Å². The number of aromatic nitrogens is 2. The van der Waals surface area contributed by atoms with Crippen molar-refractivity contribution in [3.63, 3.8) is 0 Å². The maximum Gasteiger partial charge on any atom is 0.195 e. The number of hydrogen-bond donors (Lipinski definition) is 0. The van der Waals surface area contributed by atoms with Crippen molar-refractivity contribution >= 4 is 11.6 Å². The Morgan fingerprint density at radius 2 is 1.89 bits per heavy atom. The summed E-state index contributed by atoms with van der Waals surface area (Å²) >= 11 is 0. The number of guanidine groups is 1. The van der Waals surface area contributed by atoms with Gasteiger partial charge in [0.15, 0.2) is 5.96 Å². The minimum Gasteiger partial charge on any atom is -0.349 e. The Bertz CT molecular complexity index is 585. The van der Waals surface area contributed by atoms with Gasteiger partial charge in [0.05, 0.1) is 12.2 Å². The van der Waals surface area contributed by atoms with Crippen LogP contribution in [0.25, 0.3) is 5.65 Å². The molecule has 0 unspecified atom stereocenters. The van der Waals surface area contributed by atoms with Crippen LogP contribution in [0.3, 0.4) is 0 Å². The standard InChI is InChI=1S/C14H21N5/c1-11-7-6-8-13-16-12(10-19(11)13)9-15-14(17(2)3)18(4)5/h6-8,10H,9H2,1-5H3. The lowest BCUT2D eigenvalue weighted by atomic mass is 10.4. The Kier molecular flexibility index (Phi) is 3.74. The Hall–Kier alpha value is -2.04. The topological polar surface area (TPSA) is 36.1 Å². The van der Waals surface area contributed by atoms with E-state index in [9.17, 15) is 0 Å². The second-order valence-electron chi connectivity index (χ2n) is 5.03. The van der Waals surface area contributed by atoms with Crippen LogP contribution < -0.4 is 0 Å². The molecule has 2 aromatic heterocycles. The Labute approximate surface area is 114 Å². The van der Waals surface area contributed by atoms with Gasteiger partial charge in [0.1, 0.15) is 5.65 Å². The van der Waals surface area contributed by atoms with Crippen molar-refractivity contribution in [3.05, 3.63) is 35.8 Å². The fraction of sp³-hybridized carbons (Fsp3) is 0.429. The van der Waals surface area contributed by atoms with E-state index in [1.165, 1.54) is 5.69 Å². The van der Waals surface area contributed by atoms with E-state index >= 15 is 0 Å². The van der Waals surface area contributed by atoms with E-state index in [0.29, 0.717) is 6.54 Å². The Morgan fingerprint density at radius 3 is 2.47 bits per heavy atom. The highest BCUT2D eigenvalue weighted by Gasteiger charge is 2.06. The van der Waals surface area contributed by atoms with E-state index in [0.717, 1.165) is 17.3 Å². The van der Waals surface area contributed by atoms with Crippen molar-refractivity contribution < 1.29 is 0 Å². The summed E-state index contributed by atoms with van der Waals surface area (Å²) in [5.74, 6) is 0.939. The van der Waals surface area contributed by atoms with E-state index in [1.807, 2.05) is 50.1 Å². The molecule has 0 saturated carbocycles. The van der Waals surface area contributed by atoms with Gasteiger partial charge in [-0.05, 0) is 19.1 Å². The van der Waals surface area contributed by atoms with E-state index in [1.54, 1.807) is 0 Å². The Morgan fingerprint density at radius 1 is 1.21 bits per heavy atom. The summed E-state index contributed by atoms with van der Waals surface area (Å²) in [4.78, 5) is 13.2. The summed E-state index contributed by atoms with van der Waals surface area (Å²) in [6.07, 6.45) is 2.05. The van der Waals surface area contributed by atoms with Crippen molar-refractivity contribution in [2.45, 2.75) is 13.5 Å². The third kappa shape index (κ3) is 2.86. The van der Waals surface area contributed by atoms with Gasteiger partial charge in [-0.3, -0.25) is 0 Å². The lowest BCUT2D eigenvalue weighted by Crippen LogP contribution is -2.35. The molecule has 2 aromatic rings. The highest BCUT2D eigenvalue weighted by atomic mass is 15.3. The minimum atomic E-state index is 0.590. The molecule has 0 saturated heterocycles. The predicted octanol–water partition coefficient (Wildman–Crippen LogP) is 1.62. The van der Waals surface area contributed by atoms with Gasteiger partial charge in [-0.25, -0.2) is 9.98 Å². The number of hydrogen-bond acceptors (Lipinski definition) is 2. The molecule has 2 heterocycles. The van der Waals surface area contributed by atoms with Gasteiger partial charge in [0.2, 0.25) is 0 Å². The number of rotatable bonds is 2. The molecule has 0 amide bonds. The molecule has 0 aromatic carbocycles. The average Bonchev–Trinajstić information content (AvgIpc) is 2.72. The van der Waals surface area contributed by atoms with Crippen molar-refractivity contribution in [3.8, 4) is 0 Å². The molecular formula is C14H21N5. The van der Waals surface area contributed by atoms with Crippen LogP contribution >= 0.6 is 0 Å². The Balaban J connectivity index is 2.26. The van der Waals surface area contributed by atoms with Gasteiger partial charge >= 0.3 is 0 Å². The zero-order valence-electron chi connectivity index (χ0n) is 12.3. The highest BCUT2D eigenvalue weighted by Crippen LogP contribution is 2.09. The molecule has 0 aliphatic rings. The highest BCUT2D eigenvalue weighted by molar-refractivity contribution is 5.79. The summed E-state index contributed by atoms with van der Waals surface area (Å²) in [7, 11) is 7.97. The van der Waals surface area contributed by atoms with Crippen LogP contribution in [0.4, 0.5) is 0 Å². The first-order chi connectivity index (χ1) is 8.99. The fourth-order valence-corrected chi connectivity index (χ4v) is 2.11. The smallest absolute Gasteiger partial charge is 0.195 e. The summed E-state index contributed by atoms with van der Waals surface area (Å²) in [5.41, 5.74) is 3.14. The zero-order chi connectivity index (χ0) is 14.0. The second-order valence-corrected chi connectivity index (χ2v) is 5.03. The van der Waals surface area contributed by atoms with Crippen LogP contribution in [0.15, 0.2) is 29.4 Å². The van der Waals surface area contributed by atoms with Crippen molar-refractivity contribution in [2.24, 2.45) is 4.99 Å². The van der Waals surface area contributed by atoms with Crippen LogP contribution in [0.2, 0.25) is 0 Å². The van der Waals surface area contributed by atoms with Crippen LogP contribution in [0, 0.1) is 6.92 Å². The van der Waals surface area contributed by atoms with Crippen LogP contribution in [0.5, 0.6) is 0 Å². The SMILES string of the molecule is Cc1cccc2nc(CN=C(N(C)C)N(C)C)cn12. The molecule has 0 atom stereocenters. The molecule has 102 valence electrons. The molecule has 5 heteroatoms. The van der Waals surface area contributed by atoms with E-state index < -0.39 is 0 Å². The molecule has 0 fully saturated rings. The molecule has 0 aliphatic heterocycles. The number of imidazole rings is 1. The fourth-order valence-electron chi connectivity index (χ4n) is 2.11. The third-order valence-corrected chi connectivity index (χ3v) is 2.93. The van der Waals surface area contributed by atoms with Crippen molar-refractivity contribution in [1.82, 2.24) is 19.2 Å². The minimum absolute atomic E-state index is 0.590. The average molecular weight is 259 g/mol. The number of aryl methyl sites for hydroxylation is 1. The molecular weight excluding hydrogens is 238 g/mol. The van der Waals surface area contributed by atoms with E-state index in [4.69, 9.17) is 0 Å². The predicted molar refractivity (Wildman–Crippen MR) is 78.4 cm³/mol. The molecule has 0 radical (unpaired) electrons. The van der Waals surface area contributed by atoms with Gasteiger partial charge in [-0.15, -0.1) is 0 Å². The van der Waals surface area contributed by atoms with Gasteiger partial charge in [0, 0.05) is 40.1 Å². The zero-order valence-corrected chi connectivity index (χ0v) is 12.3. The first kappa shape index (κ1) is 13.4. The van der Waals surface area contributed by atoms with Crippen LogP contribution in [0.1, 0.15) is 11.4 Å². The third-order valence-electron chi connectivity index (χ3n) is 2.93. The molecule has 0 spiro atoms. The number of nitrogens with zero attached hydrogens (tertiary/aromatic N) is 5. The number of pyridine rings is 1. The molecule has 5 nitrogen and oxygen atoms in total. The second kappa shape index (κ2) is 5.30. The van der Waals surface area contributed by atoms with Gasteiger partial charge in [0.25, 0.3) is 0 Å². The van der Waals surface area contributed by atoms with Gasteiger partial charge < -0.3 is 14.2 Å². The quantitative estimate of drug-likeness (QED) is 0.607. The molecule has 0 bridgehead atoms. The maximum atomic E-state index is 4.61. The lowest BCUT2D eigenvalue weighted by Gasteiger charge is -2.22. The lowest BCUT2D eigenvalue weighted by molar-refractivity contribution is 0.479. The normalized spacial score (nSPS) is 10.6. The molecule has 0 aliphatic carbocycles. The summed E-state index contributed by atoms with van der Waals surface area (Å²) < 4.78 is 2.09. The number of aliphatic imine (C=N–C) groups is 1. The largest absolute Gasteiger partial charge is 0.349 e. The van der Waals surface area contributed by atoms with E-state index in [2.05, 4.69) is 33.6 Å². The van der Waals surface area contributed by atoms with Crippen LogP contribution in [-0.4, -0.2) is 53.3 Å². The first-order valence-electron chi connectivity index (χ1n) is 6.31. The maximum absolute atomic E-state index is 4.61.